The number of ether oxygens (including phenoxy) is 1. The molecule has 25 heavy (non-hydrogen) atoms. The molecule has 0 aliphatic rings. The summed E-state index contributed by atoms with van der Waals surface area (Å²) in [7, 11) is 0. The molecule has 1 heterocycles. The molecule has 0 bridgehead atoms. The van der Waals surface area contributed by atoms with E-state index in [2.05, 4.69) is 48.1 Å². The van der Waals surface area contributed by atoms with Crippen LogP contribution >= 0.6 is 23.4 Å². The predicted octanol–water partition coefficient (Wildman–Crippen LogP) is 6.09. The summed E-state index contributed by atoms with van der Waals surface area (Å²) in [5, 5.41) is 1.27. The van der Waals surface area contributed by atoms with Crippen molar-refractivity contribution in [2.45, 2.75) is 31.2 Å². The van der Waals surface area contributed by atoms with E-state index < -0.39 is 0 Å². The topological polar surface area (TPSA) is 35.0 Å². The average Bonchev–Trinajstić information content (AvgIpc) is 2.62. The van der Waals surface area contributed by atoms with Gasteiger partial charge in [-0.25, -0.2) is 4.98 Å². The highest BCUT2D eigenvalue weighted by Gasteiger charge is 2.09. The van der Waals surface area contributed by atoms with Gasteiger partial charge in [-0.15, -0.1) is 0 Å². The molecule has 0 amide bonds. The Balaban J connectivity index is 1.79. The summed E-state index contributed by atoms with van der Waals surface area (Å²) < 4.78 is 5.87. The zero-order valence-corrected chi connectivity index (χ0v) is 15.8. The Labute approximate surface area is 157 Å². The van der Waals surface area contributed by atoms with Crippen LogP contribution in [0.5, 0.6) is 11.6 Å². The number of aryl methyl sites for hydroxylation is 2. The van der Waals surface area contributed by atoms with E-state index >= 15 is 0 Å². The van der Waals surface area contributed by atoms with Gasteiger partial charge < -0.3 is 4.74 Å². The summed E-state index contributed by atoms with van der Waals surface area (Å²) in [5.41, 5.74) is 3.46. The molecule has 3 nitrogen and oxygen atoms in total. The van der Waals surface area contributed by atoms with Gasteiger partial charge >= 0.3 is 0 Å². The van der Waals surface area contributed by atoms with Crippen molar-refractivity contribution in [1.82, 2.24) is 9.97 Å². The molecule has 0 saturated carbocycles. The molecule has 0 spiro atoms. The summed E-state index contributed by atoms with van der Waals surface area (Å²) >= 11 is 7.78. The molecule has 5 heteroatoms. The van der Waals surface area contributed by atoms with Crippen molar-refractivity contribution in [3.8, 4) is 11.6 Å². The standard InChI is InChI=1S/C20H19ClN2OS/c1-3-16-12-19(24-18-10-5-4-9-17(18)21)23-20(22-16)25-13-15-8-6-7-14(2)11-15/h4-12H,3,13H2,1-2H3. The van der Waals surface area contributed by atoms with E-state index in [9.17, 15) is 0 Å². The minimum absolute atomic E-state index is 0.520. The van der Waals surface area contributed by atoms with Gasteiger partial charge in [0.25, 0.3) is 0 Å². The Hall–Kier alpha value is -2.04. The van der Waals surface area contributed by atoms with Crippen LogP contribution in [0.25, 0.3) is 0 Å². The fourth-order valence-corrected chi connectivity index (χ4v) is 3.32. The average molecular weight is 371 g/mol. The molecule has 0 aliphatic carbocycles. The lowest BCUT2D eigenvalue weighted by molar-refractivity contribution is 0.454. The van der Waals surface area contributed by atoms with Crippen molar-refractivity contribution >= 4 is 23.4 Å². The lowest BCUT2D eigenvalue weighted by Crippen LogP contribution is -1.97. The fourth-order valence-electron chi connectivity index (χ4n) is 2.34. The number of rotatable bonds is 6. The third-order valence-corrected chi connectivity index (χ3v) is 4.83. The van der Waals surface area contributed by atoms with Crippen LogP contribution in [-0.4, -0.2) is 9.97 Å². The molecule has 0 atom stereocenters. The first kappa shape index (κ1) is 17.8. The first-order valence-corrected chi connectivity index (χ1v) is 9.49. The Morgan fingerprint density at radius 1 is 1.04 bits per heavy atom. The van der Waals surface area contributed by atoms with E-state index in [-0.39, 0.29) is 0 Å². The second-order valence-electron chi connectivity index (χ2n) is 5.64. The smallest absolute Gasteiger partial charge is 0.223 e. The maximum atomic E-state index is 6.17. The van der Waals surface area contributed by atoms with Crippen LogP contribution in [0.4, 0.5) is 0 Å². The molecule has 0 N–H and O–H groups in total. The Morgan fingerprint density at radius 2 is 1.88 bits per heavy atom. The number of thioether (sulfide) groups is 1. The summed E-state index contributed by atoms with van der Waals surface area (Å²) in [6, 6.07) is 17.7. The van der Waals surface area contributed by atoms with Gasteiger partial charge in [-0.05, 0) is 31.0 Å². The van der Waals surface area contributed by atoms with E-state index in [4.69, 9.17) is 16.3 Å². The van der Waals surface area contributed by atoms with Crippen LogP contribution in [0.1, 0.15) is 23.7 Å². The molecule has 3 aromatic rings. The summed E-state index contributed by atoms with van der Waals surface area (Å²) in [4.78, 5) is 9.12. The van der Waals surface area contributed by atoms with E-state index in [1.54, 1.807) is 17.8 Å². The van der Waals surface area contributed by atoms with Crippen LogP contribution < -0.4 is 4.74 Å². The molecule has 0 saturated heterocycles. The Bertz CT molecular complexity index is 870. The van der Waals surface area contributed by atoms with Gasteiger partial charge in [0, 0.05) is 17.5 Å². The normalized spacial score (nSPS) is 10.7. The Kier molecular flexibility index (Phi) is 5.95. The van der Waals surface area contributed by atoms with E-state index in [1.165, 1.54) is 11.1 Å². The third-order valence-electron chi connectivity index (χ3n) is 3.60. The highest BCUT2D eigenvalue weighted by molar-refractivity contribution is 7.98. The molecule has 1 aromatic heterocycles. The first-order valence-electron chi connectivity index (χ1n) is 8.12. The van der Waals surface area contributed by atoms with Crippen LogP contribution in [0.3, 0.4) is 0 Å². The van der Waals surface area contributed by atoms with Gasteiger partial charge in [0.2, 0.25) is 5.88 Å². The van der Waals surface area contributed by atoms with Crippen molar-refractivity contribution in [3.63, 3.8) is 0 Å². The van der Waals surface area contributed by atoms with Gasteiger partial charge in [0.1, 0.15) is 5.75 Å². The second kappa shape index (κ2) is 8.37. The summed E-state index contributed by atoms with van der Waals surface area (Å²) in [6.45, 7) is 4.16. The highest BCUT2D eigenvalue weighted by atomic mass is 35.5. The number of aromatic nitrogens is 2. The second-order valence-corrected chi connectivity index (χ2v) is 6.99. The third kappa shape index (κ3) is 4.97. The summed E-state index contributed by atoms with van der Waals surface area (Å²) in [5.74, 6) is 1.94. The predicted molar refractivity (Wildman–Crippen MR) is 104 cm³/mol. The zero-order chi connectivity index (χ0) is 17.6. The fraction of sp³-hybridized carbons (Fsp3) is 0.200. The lowest BCUT2D eigenvalue weighted by Gasteiger charge is -2.09. The zero-order valence-electron chi connectivity index (χ0n) is 14.2. The maximum absolute atomic E-state index is 6.17. The molecule has 0 unspecified atom stereocenters. The van der Waals surface area contributed by atoms with Gasteiger partial charge in [-0.2, -0.15) is 4.98 Å². The monoisotopic (exact) mass is 370 g/mol. The van der Waals surface area contributed by atoms with Crippen molar-refractivity contribution in [1.29, 1.82) is 0 Å². The lowest BCUT2D eigenvalue weighted by atomic mass is 10.2. The Morgan fingerprint density at radius 3 is 2.64 bits per heavy atom. The molecule has 0 radical (unpaired) electrons. The SMILES string of the molecule is CCc1cc(Oc2ccccc2Cl)nc(SCc2cccc(C)c2)n1. The van der Waals surface area contributed by atoms with Gasteiger partial charge in [-0.1, -0.05) is 72.2 Å². The van der Waals surface area contributed by atoms with Gasteiger partial charge in [0.05, 0.1) is 5.02 Å². The van der Waals surface area contributed by atoms with Crippen LogP contribution in [0.15, 0.2) is 59.8 Å². The number of hydrogen-bond donors (Lipinski definition) is 0. The van der Waals surface area contributed by atoms with Crippen LogP contribution in [0.2, 0.25) is 5.02 Å². The maximum Gasteiger partial charge on any atom is 0.223 e. The summed E-state index contributed by atoms with van der Waals surface area (Å²) in [6.07, 6.45) is 0.819. The molecule has 128 valence electrons. The molecular formula is C20H19ClN2OS. The molecule has 0 fully saturated rings. The van der Waals surface area contributed by atoms with Crippen molar-refractivity contribution in [2.75, 3.05) is 0 Å². The number of halogens is 1. The number of para-hydroxylation sites is 1. The van der Waals surface area contributed by atoms with Crippen molar-refractivity contribution in [3.05, 3.63) is 76.4 Å². The quantitative estimate of drug-likeness (QED) is 0.388. The molecule has 3 rings (SSSR count). The van der Waals surface area contributed by atoms with Gasteiger partial charge in [-0.3, -0.25) is 0 Å². The van der Waals surface area contributed by atoms with Gasteiger partial charge in [0.15, 0.2) is 5.16 Å². The first-order chi connectivity index (χ1) is 12.1. The molecule has 0 aliphatic heterocycles. The molecule has 2 aromatic carbocycles. The minimum atomic E-state index is 0.520. The highest BCUT2D eigenvalue weighted by Crippen LogP contribution is 2.29. The van der Waals surface area contributed by atoms with Crippen LogP contribution in [0, 0.1) is 6.92 Å². The van der Waals surface area contributed by atoms with E-state index in [0.717, 1.165) is 17.9 Å². The number of hydrogen-bond acceptors (Lipinski definition) is 4. The molecular weight excluding hydrogens is 352 g/mol. The number of benzene rings is 2. The largest absolute Gasteiger partial charge is 0.437 e. The number of nitrogens with zero attached hydrogens (tertiary/aromatic N) is 2. The van der Waals surface area contributed by atoms with Crippen LogP contribution in [-0.2, 0) is 12.2 Å². The van der Waals surface area contributed by atoms with Crippen molar-refractivity contribution in [2.24, 2.45) is 0 Å². The van der Waals surface area contributed by atoms with E-state index in [1.807, 2.05) is 24.3 Å². The van der Waals surface area contributed by atoms with Crippen molar-refractivity contribution < 1.29 is 4.74 Å². The minimum Gasteiger partial charge on any atom is -0.437 e. The van der Waals surface area contributed by atoms with E-state index in [0.29, 0.717) is 21.8 Å².